The van der Waals surface area contributed by atoms with Gasteiger partial charge in [0.2, 0.25) is 0 Å². The van der Waals surface area contributed by atoms with Gasteiger partial charge in [0.25, 0.3) is 0 Å². The number of carbonyl (C=O) groups is 1. The highest BCUT2D eigenvalue weighted by Gasteiger charge is 2.72. The number of methoxy groups -OCH3 is 1. The van der Waals surface area contributed by atoms with Crippen LogP contribution in [-0.4, -0.2) is 47.7 Å². The van der Waals surface area contributed by atoms with Crippen LogP contribution >= 0.6 is 0 Å². The molecule has 204 valence electrons. The molecule has 4 unspecified atom stereocenters. The molecule has 0 heterocycles. The molecule has 0 aromatic heterocycles. The van der Waals surface area contributed by atoms with Crippen molar-refractivity contribution < 1.29 is 24.9 Å². The maximum absolute atomic E-state index is 13.4. The van der Waals surface area contributed by atoms with E-state index in [1.807, 2.05) is 0 Å². The molecule has 0 aliphatic heterocycles. The minimum atomic E-state index is -0.448. The van der Waals surface area contributed by atoms with Gasteiger partial charge in [0, 0.05) is 5.41 Å². The highest BCUT2D eigenvalue weighted by atomic mass is 16.5. The van der Waals surface area contributed by atoms with E-state index in [0.29, 0.717) is 17.8 Å². The van der Waals surface area contributed by atoms with Crippen LogP contribution in [0.2, 0.25) is 0 Å². The second kappa shape index (κ2) is 8.55. The Morgan fingerprint density at radius 3 is 2.25 bits per heavy atom. The molecule has 0 aromatic rings. The summed E-state index contributed by atoms with van der Waals surface area (Å²) in [7, 11) is 1.53. The number of fused-ring (bicyclic) bond motifs is 7. The number of aliphatic hydroxyl groups excluding tert-OH is 3. The fourth-order valence-corrected chi connectivity index (χ4v) is 11.7. The third kappa shape index (κ3) is 3.09. The molecule has 0 aromatic carbocycles. The molecular formula is C31H50O5. The summed E-state index contributed by atoms with van der Waals surface area (Å²) in [6.07, 6.45) is 9.39. The van der Waals surface area contributed by atoms with E-state index in [2.05, 4.69) is 34.3 Å². The Balaban J connectivity index is 1.56. The Labute approximate surface area is 218 Å². The topological polar surface area (TPSA) is 87.0 Å². The Bertz CT molecular complexity index is 917. The van der Waals surface area contributed by atoms with Gasteiger partial charge in [0.15, 0.2) is 0 Å². The van der Waals surface area contributed by atoms with Crippen molar-refractivity contribution in [2.45, 2.75) is 98.0 Å². The van der Waals surface area contributed by atoms with Crippen LogP contribution in [0.4, 0.5) is 0 Å². The molecule has 11 atom stereocenters. The number of rotatable bonds is 4. The summed E-state index contributed by atoms with van der Waals surface area (Å²) in [6.45, 7) is 14.0. The number of hydrogen-bond donors (Lipinski definition) is 3. The Morgan fingerprint density at radius 1 is 0.889 bits per heavy atom. The van der Waals surface area contributed by atoms with Crippen molar-refractivity contribution in [1.82, 2.24) is 0 Å². The summed E-state index contributed by atoms with van der Waals surface area (Å²) in [6, 6.07) is 0. The van der Waals surface area contributed by atoms with Crippen molar-refractivity contribution in [3.05, 3.63) is 12.2 Å². The molecule has 0 spiro atoms. The molecule has 0 bridgehead atoms. The minimum Gasteiger partial charge on any atom is -0.469 e. The van der Waals surface area contributed by atoms with Gasteiger partial charge >= 0.3 is 5.97 Å². The van der Waals surface area contributed by atoms with E-state index in [1.54, 1.807) is 0 Å². The van der Waals surface area contributed by atoms with Gasteiger partial charge in [-0.25, -0.2) is 0 Å². The standard InChI is InChI=1S/C31H50O5/c1-19(17-32)20-9-14-31(26(35)36-6)16-15-29(4)21(25(20)31)7-8-23-27(2)12-11-24(34)28(3,18-33)22(27)10-13-30(23,29)5/h20-25,32-34H,1,7-18H2,2-6H3/t20-,21?,22?,23?,24-,25?,27-,28-,29+,30+,31-/m0/s1. The number of hydrogen-bond acceptors (Lipinski definition) is 5. The third-order valence-corrected chi connectivity index (χ3v) is 13.9. The van der Waals surface area contributed by atoms with Crippen LogP contribution < -0.4 is 0 Å². The second-order valence-corrected chi connectivity index (χ2v) is 14.5. The molecule has 0 amide bonds. The van der Waals surface area contributed by atoms with Gasteiger partial charge in [-0.05, 0) is 116 Å². The molecular weight excluding hydrogens is 452 g/mol. The average molecular weight is 503 g/mol. The van der Waals surface area contributed by atoms with E-state index >= 15 is 0 Å². The van der Waals surface area contributed by atoms with E-state index in [0.717, 1.165) is 69.8 Å². The van der Waals surface area contributed by atoms with Crippen LogP contribution in [-0.2, 0) is 9.53 Å². The summed E-state index contributed by atoms with van der Waals surface area (Å²) >= 11 is 0. The molecule has 5 rings (SSSR count). The monoisotopic (exact) mass is 502 g/mol. The second-order valence-electron chi connectivity index (χ2n) is 14.5. The van der Waals surface area contributed by atoms with Crippen LogP contribution in [0.1, 0.15) is 91.9 Å². The fraction of sp³-hybridized carbons (Fsp3) is 0.903. The van der Waals surface area contributed by atoms with Gasteiger partial charge in [-0.1, -0.05) is 34.3 Å². The summed E-state index contributed by atoms with van der Waals surface area (Å²) in [5, 5.41) is 31.5. The number of aliphatic hydroxyl groups is 3. The van der Waals surface area contributed by atoms with Crippen LogP contribution in [0.3, 0.4) is 0 Å². The normalized spacial score (nSPS) is 54.0. The predicted octanol–water partition coefficient (Wildman–Crippen LogP) is 5.12. The SMILES string of the molecule is C=C(CO)[C@@H]1CC[C@]2(C(=O)OC)CC[C@]3(C)C(CCC4[C@@]5(C)CC[C@H](O)[C@@](C)(CO)C5CC[C@]43C)C12. The van der Waals surface area contributed by atoms with E-state index in [-0.39, 0.29) is 47.3 Å². The highest BCUT2D eigenvalue weighted by molar-refractivity contribution is 5.78. The molecule has 36 heavy (non-hydrogen) atoms. The van der Waals surface area contributed by atoms with Crippen molar-refractivity contribution in [2.75, 3.05) is 20.3 Å². The van der Waals surface area contributed by atoms with Crippen LogP contribution in [0.25, 0.3) is 0 Å². The lowest BCUT2D eigenvalue weighted by molar-refractivity contribution is -0.254. The highest BCUT2D eigenvalue weighted by Crippen LogP contribution is 2.77. The fourth-order valence-electron chi connectivity index (χ4n) is 11.7. The lowest BCUT2D eigenvalue weighted by Crippen LogP contribution is -2.67. The number of ether oxygens (including phenoxy) is 1. The van der Waals surface area contributed by atoms with E-state index < -0.39 is 16.9 Å². The molecule has 5 aliphatic rings. The number of carbonyl (C=O) groups excluding carboxylic acids is 1. The first-order valence-corrected chi connectivity index (χ1v) is 14.6. The van der Waals surface area contributed by atoms with Gasteiger partial charge < -0.3 is 20.1 Å². The van der Waals surface area contributed by atoms with Crippen LogP contribution in [0.15, 0.2) is 12.2 Å². The largest absolute Gasteiger partial charge is 0.469 e. The Kier molecular flexibility index (Phi) is 6.34. The molecule has 5 heteroatoms. The molecule has 5 saturated carbocycles. The van der Waals surface area contributed by atoms with Crippen LogP contribution in [0, 0.1) is 56.7 Å². The smallest absolute Gasteiger partial charge is 0.312 e. The van der Waals surface area contributed by atoms with Gasteiger partial charge in [-0.2, -0.15) is 0 Å². The molecule has 0 radical (unpaired) electrons. The zero-order chi connectivity index (χ0) is 26.3. The van der Waals surface area contributed by atoms with E-state index in [4.69, 9.17) is 4.74 Å². The maximum Gasteiger partial charge on any atom is 0.312 e. The summed E-state index contributed by atoms with van der Waals surface area (Å²) in [5.74, 6) is 1.57. The number of esters is 1. The van der Waals surface area contributed by atoms with E-state index in [9.17, 15) is 20.1 Å². The van der Waals surface area contributed by atoms with Crippen LogP contribution in [0.5, 0.6) is 0 Å². The predicted molar refractivity (Wildman–Crippen MR) is 140 cm³/mol. The van der Waals surface area contributed by atoms with Crippen molar-refractivity contribution in [3.63, 3.8) is 0 Å². The minimum absolute atomic E-state index is 0.0104. The van der Waals surface area contributed by atoms with Gasteiger partial charge in [-0.15, -0.1) is 0 Å². The van der Waals surface area contributed by atoms with Crippen molar-refractivity contribution in [1.29, 1.82) is 0 Å². The van der Waals surface area contributed by atoms with Crippen molar-refractivity contribution in [2.24, 2.45) is 56.7 Å². The first kappa shape index (κ1) is 26.7. The first-order chi connectivity index (χ1) is 16.9. The lowest BCUT2D eigenvalue weighted by atomic mass is 9.32. The van der Waals surface area contributed by atoms with Crippen molar-refractivity contribution >= 4 is 5.97 Å². The Hall–Kier alpha value is -0.910. The van der Waals surface area contributed by atoms with Gasteiger partial charge in [0.05, 0.1) is 31.8 Å². The van der Waals surface area contributed by atoms with Gasteiger partial charge in [0.1, 0.15) is 0 Å². The molecule has 5 fully saturated rings. The summed E-state index contributed by atoms with van der Waals surface area (Å²) in [4.78, 5) is 13.4. The summed E-state index contributed by atoms with van der Waals surface area (Å²) < 4.78 is 5.45. The molecule has 5 aliphatic carbocycles. The molecule has 5 nitrogen and oxygen atoms in total. The quantitative estimate of drug-likeness (QED) is 0.367. The maximum atomic E-state index is 13.4. The Morgan fingerprint density at radius 2 is 1.61 bits per heavy atom. The van der Waals surface area contributed by atoms with E-state index in [1.165, 1.54) is 7.11 Å². The zero-order valence-corrected chi connectivity index (χ0v) is 23.3. The third-order valence-electron chi connectivity index (χ3n) is 13.9. The lowest BCUT2D eigenvalue weighted by Gasteiger charge is -2.72. The van der Waals surface area contributed by atoms with Gasteiger partial charge in [-0.3, -0.25) is 4.79 Å². The summed E-state index contributed by atoms with van der Waals surface area (Å²) in [5.41, 5.74) is 0.326. The zero-order valence-electron chi connectivity index (χ0n) is 23.3. The van der Waals surface area contributed by atoms with Crippen molar-refractivity contribution in [3.8, 4) is 0 Å². The molecule has 0 saturated heterocycles. The average Bonchev–Trinajstić information content (AvgIpc) is 3.26. The molecule has 3 N–H and O–H groups in total. The first-order valence-electron chi connectivity index (χ1n) is 14.6.